The topological polar surface area (TPSA) is 89.1 Å². The van der Waals surface area contributed by atoms with Gasteiger partial charge in [-0.3, -0.25) is 14.5 Å². The number of morpholine rings is 1. The van der Waals surface area contributed by atoms with E-state index in [1.54, 1.807) is 23.5 Å². The summed E-state index contributed by atoms with van der Waals surface area (Å²) in [5.41, 5.74) is 1.97. The largest absolute Gasteiger partial charge is 0.454 e. The van der Waals surface area contributed by atoms with Gasteiger partial charge >= 0.3 is 11.8 Å². The molecule has 2 aliphatic heterocycles. The van der Waals surface area contributed by atoms with Gasteiger partial charge in [-0.1, -0.05) is 6.07 Å². The van der Waals surface area contributed by atoms with Crippen LogP contribution in [-0.4, -0.2) is 56.4 Å². The van der Waals surface area contributed by atoms with E-state index < -0.39 is 11.8 Å². The molecule has 3 heterocycles. The van der Waals surface area contributed by atoms with Gasteiger partial charge in [-0.15, -0.1) is 0 Å². The summed E-state index contributed by atoms with van der Waals surface area (Å²) in [5, 5.41) is 9.51. The van der Waals surface area contributed by atoms with Crippen molar-refractivity contribution >= 4 is 23.2 Å². The molecule has 0 saturated carbocycles. The Morgan fingerprint density at radius 3 is 2.66 bits per heavy atom. The van der Waals surface area contributed by atoms with Gasteiger partial charge < -0.3 is 24.8 Å². The van der Waals surface area contributed by atoms with Crippen molar-refractivity contribution in [2.24, 2.45) is 0 Å². The van der Waals surface area contributed by atoms with Crippen LogP contribution in [0.3, 0.4) is 0 Å². The number of nitrogens with one attached hydrogen (secondary N) is 2. The number of benzene rings is 1. The van der Waals surface area contributed by atoms with Crippen molar-refractivity contribution in [3.8, 4) is 11.5 Å². The van der Waals surface area contributed by atoms with Crippen molar-refractivity contribution < 1.29 is 23.8 Å². The summed E-state index contributed by atoms with van der Waals surface area (Å²) in [5.74, 6) is 0.0265. The molecule has 2 amide bonds. The van der Waals surface area contributed by atoms with Crippen LogP contribution in [0.5, 0.6) is 11.5 Å². The molecule has 9 heteroatoms. The molecule has 1 aromatic carbocycles. The van der Waals surface area contributed by atoms with Gasteiger partial charge in [-0.05, 0) is 40.1 Å². The van der Waals surface area contributed by atoms with E-state index in [0.29, 0.717) is 31.3 Å². The van der Waals surface area contributed by atoms with Crippen molar-refractivity contribution in [3.63, 3.8) is 0 Å². The number of carbonyl (C=O) groups is 2. The molecule has 29 heavy (non-hydrogen) atoms. The first kappa shape index (κ1) is 19.7. The zero-order valence-electron chi connectivity index (χ0n) is 15.9. The van der Waals surface area contributed by atoms with Gasteiger partial charge in [0.05, 0.1) is 19.3 Å². The van der Waals surface area contributed by atoms with Crippen LogP contribution in [-0.2, 0) is 20.9 Å². The lowest BCUT2D eigenvalue weighted by Crippen LogP contribution is -2.46. The number of ether oxygens (including phenoxy) is 3. The number of hydrogen-bond acceptors (Lipinski definition) is 7. The minimum atomic E-state index is -0.659. The lowest BCUT2D eigenvalue weighted by Gasteiger charge is -2.34. The molecule has 1 aromatic heterocycles. The average Bonchev–Trinajstić information content (AvgIpc) is 3.44. The Bertz CT molecular complexity index is 852. The first-order valence-corrected chi connectivity index (χ1v) is 10.4. The van der Waals surface area contributed by atoms with E-state index in [0.717, 1.165) is 24.2 Å². The Hall–Kier alpha value is -2.62. The van der Waals surface area contributed by atoms with Crippen LogP contribution in [0.25, 0.3) is 0 Å². The van der Waals surface area contributed by atoms with Gasteiger partial charge in [0, 0.05) is 26.2 Å². The number of thiophene rings is 1. The fraction of sp³-hybridized carbons (Fsp3) is 0.400. The van der Waals surface area contributed by atoms with E-state index in [2.05, 4.69) is 27.0 Å². The molecule has 154 valence electrons. The van der Waals surface area contributed by atoms with E-state index in [1.165, 1.54) is 0 Å². The maximum Gasteiger partial charge on any atom is 0.309 e. The molecular formula is C20H23N3O5S. The second-order valence-electron chi connectivity index (χ2n) is 6.80. The van der Waals surface area contributed by atoms with E-state index in [1.807, 2.05) is 11.4 Å². The third-order valence-corrected chi connectivity index (χ3v) is 5.67. The highest BCUT2D eigenvalue weighted by Crippen LogP contribution is 2.32. The van der Waals surface area contributed by atoms with Gasteiger partial charge in [-0.2, -0.15) is 11.3 Å². The number of amides is 2. The van der Waals surface area contributed by atoms with Crippen LogP contribution in [0.15, 0.2) is 35.0 Å². The second-order valence-corrected chi connectivity index (χ2v) is 7.58. The predicted molar refractivity (Wildman–Crippen MR) is 107 cm³/mol. The molecule has 0 radical (unpaired) electrons. The zero-order chi connectivity index (χ0) is 20.1. The van der Waals surface area contributed by atoms with Gasteiger partial charge in [0.1, 0.15) is 0 Å². The minimum Gasteiger partial charge on any atom is -0.454 e. The molecule has 0 unspecified atom stereocenters. The maximum absolute atomic E-state index is 12.3. The van der Waals surface area contributed by atoms with Crippen LogP contribution >= 0.6 is 11.3 Å². The fourth-order valence-electron chi connectivity index (χ4n) is 3.39. The SMILES string of the molecule is O=C(NCc1ccc2c(c1)OCO2)C(=O)NC[C@@H](c1ccsc1)N1CCOCC1. The molecule has 8 nitrogen and oxygen atoms in total. The number of nitrogens with zero attached hydrogens (tertiary/aromatic N) is 1. The second kappa shape index (κ2) is 9.25. The normalized spacial score (nSPS) is 17.0. The molecular weight excluding hydrogens is 394 g/mol. The Morgan fingerprint density at radius 1 is 1.07 bits per heavy atom. The van der Waals surface area contributed by atoms with Crippen molar-refractivity contribution in [1.29, 1.82) is 0 Å². The van der Waals surface area contributed by atoms with E-state index in [9.17, 15) is 9.59 Å². The highest BCUT2D eigenvalue weighted by molar-refractivity contribution is 7.08. The van der Waals surface area contributed by atoms with Crippen LogP contribution in [0.4, 0.5) is 0 Å². The maximum atomic E-state index is 12.3. The Balaban J connectivity index is 1.29. The standard InChI is InChI=1S/C20H23N3O5S/c24-19(21-10-14-1-2-17-18(9-14)28-13-27-17)20(25)22-11-16(15-3-8-29-12-15)23-4-6-26-7-5-23/h1-3,8-9,12,16H,4-7,10-11,13H2,(H,21,24)(H,22,25)/t16-/m0/s1. The molecule has 2 aliphatic rings. The monoisotopic (exact) mass is 417 g/mol. The number of fused-ring (bicyclic) bond motifs is 1. The van der Waals surface area contributed by atoms with Crippen molar-refractivity contribution in [2.45, 2.75) is 12.6 Å². The smallest absolute Gasteiger partial charge is 0.309 e. The lowest BCUT2D eigenvalue weighted by atomic mass is 10.1. The number of hydrogen-bond donors (Lipinski definition) is 2. The first-order chi connectivity index (χ1) is 14.2. The molecule has 4 rings (SSSR count). The molecule has 1 fully saturated rings. The summed E-state index contributed by atoms with van der Waals surface area (Å²) in [6.07, 6.45) is 0. The van der Waals surface area contributed by atoms with Crippen LogP contribution < -0.4 is 20.1 Å². The highest BCUT2D eigenvalue weighted by Gasteiger charge is 2.24. The van der Waals surface area contributed by atoms with Crippen LogP contribution in [0, 0.1) is 0 Å². The molecule has 2 N–H and O–H groups in total. The lowest BCUT2D eigenvalue weighted by molar-refractivity contribution is -0.139. The fourth-order valence-corrected chi connectivity index (χ4v) is 4.10. The van der Waals surface area contributed by atoms with Crippen LogP contribution in [0.2, 0.25) is 0 Å². The highest BCUT2D eigenvalue weighted by atomic mass is 32.1. The Labute approximate surface area is 172 Å². The van der Waals surface area contributed by atoms with E-state index >= 15 is 0 Å². The predicted octanol–water partition coefficient (Wildman–Crippen LogP) is 1.28. The molecule has 0 aliphatic carbocycles. The summed E-state index contributed by atoms with van der Waals surface area (Å²) in [7, 11) is 0. The van der Waals surface area contributed by atoms with Gasteiger partial charge in [0.2, 0.25) is 6.79 Å². The number of carbonyl (C=O) groups excluding carboxylic acids is 2. The molecule has 1 atom stereocenters. The van der Waals surface area contributed by atoms with Gasteiger partial charge in [0.25, 0.3) is 0 Å². The molecule has 1 saturated heterocycles. The van der Waals surface area contributed by atoms with E-state index in [-0.39, 0.29) is 19.4 Å². The third kappa shape index (κ3) is 4.87. The Morgan fingerprint density at radius 2 is 1.86 bits per heavy atom. The van der Waals surface area contributed by atoms with Crippen molar-refractivity contribution in [3.05, 3.63) is 46.2 Å². The summed E-state index contributed by atoms with van der Waals surface area (Å²) in [6, 6.07) is 7.49. The number of rotatable bonds is 6. The van der Waals surface area contributed by atoms with Crippen molar-refractivity contribution in [1.82, 2.24) is 15.5 Å². The van der Waals surface area contributed by atoms with Crippen molar-refractivity contribution in [2.75, 3.05) is 39.6 Å². The average molecular weight is 417 g/mol. The van der Waals surface area contributed by atoms with E-state index in [4.69, 9.17) is 14.2 Å². The molecule has 0 bridgehead atoms. The first-order valence-electron chi connectivity index (χ1n) is 9.49. The van der Waals surface area contributed by atoms with Crippen LogP contribution in [0.1, 0.15) is 17.2 Å². The minimum absolute atomic E-state index is 0.0239. The van der Waals surface area contributed by atoms with Gasteiger partial charge in [-0.25, -0.2) is 0 Å². The zero-order valence-corrected chi connectivity index (χ0v) is 16.7. The summed E-state index contributed by atoms with van der Waals surface area (Å²) in [6.45, 7) is 3.74. The molecule has 0 spiro atoms. The summed E-state index contributed by atoms with van der Waals surface area (Å²) in [4.78, 5) is 26.8. The quantitative estimate of drug-likeness (QED) is 0.689. The Kier molecular flexibility index (Phi) is 6.28. The summed E-state index contributed by atoms with van der Waals surface area (Å²) < 4.78 is 16.0. The van der Waals surface area contributed by atoms with Gasteiger partial charge in [0.15, 0.2) is 11.5 Å². The summed E-state index contributed by atoms with van der Waals surface area (Å²) >= 11 is 1.62. The third-order valence-electron chi connectivity index (χ3n) is 4.97. The molecule has 2 aromatic rings.